The van der Waals surface area contributed by atoms with E-state index in [-0.39, 0.29) is 5.97 Å². The molecule has 1 rings (SSSR count). The average Bonchev–Trinajstić information content (AvgIpc) is 2.28. The van der Waals surface area contributed by atoms with Gasteiger partial charge in [-0.3, -0.25) is 4.79 Å². The molecule has 3 heteroatoms. The average molecular weight is 236 g/mol. The van der Waals surface area contributed by atoms with Crippen molar-refractivity contribution >= 4 is 5.97 Å². The third-order valence-electron chi connectivity index (χ3n) is 2.75. The highest BCUT2D eigenvalue weighted by atomic mass is 16.5. The third-order valence-corrected chi connectivity index (χ3v) is 2.75. The van der Waals surface area contributed by atoms with Gasteiger partial charge < -0.3 is 9.47 Å². The van der Waals surface area contributed by atoms with Crippen LogP contribution in [0.1, 0.15) is 29.5 Å². The van der Waals surface area contributed by atoms with Crippen LogP contribution in [0.25, 0.3) is 0 Å². The van der Waals surface area contributed by atoms with Crippen molar-refractivity contribution in [3.05, 3.63) is 28.8 Å². The molecule has 94 valence electrons. The van der Waals surface area contributed by atoms with Gasteiger partial charge in [-0.05, 0) is 37.8 Å². The maximum Gasteiger partial charge on any atom is 0.305 e. The van der Waals surface area contributed by atoms with Crippen molar-refractivity contribution in [2.75, 3.05) is 14.2 Å². The van der Waals surface area contributed by atoms with Gasteiger partial charge in [-0.25, -0.2) is 0 Å². The van der Waals surface area contributed by atoms with E-state index in [1.54, 1.807) is 7.11 Å². The summed E-state index contributed by atoms with van der Waals surface area (Å²) >= 11 is 0. The van der Waals surface area contributed by atoms with Gasteiger partial charge >= 0.3 is 5.97 Å². The topological polar surface area (TPSA) is 35.5 Å². The molecule has 0 atom stereocenters. The van der Waals surface area contributed by atoms with E-state index >= 15 is 0 Å². The molecule has 0 spiro atoms. The molecule has 17 heavy (non-hydrogen) atoms. The maximum absolute atomic E-state index is 11.0. The van der Waals surface area contributed by atoms with Crippen molar-refractivity contribution in [1.29, 1.82) is 0 Å². The molecule has 0 aliphatic heterocycles. The lowest BCUT2D eigenvalue weighted by atomic mass is 10.0. The van der Waals surface area contributed by atoms with Gasteiger partial charge in [0.1, 0.15) is 5.75 Å². The van der Waals surface area contributed by atoms with Crippen LogP contribution in [0.3, 0.4) is 0 Å². The minimum atomic E-state index is -0.159. The van der Waals surface area contributed by atoms with Crippen LogP contribution < -0.4 is 4.74 Å². The van der Waals surface area contributed by atoms with E-state index in [1.807, 2.05) is 6.92 Å². The first kappa shape index (κ1) is 13.6. The highest BCUT2D eigenvalue weighted by Gasteiger charge is 2.08. The summed E-state index contributed by atoms with van der Waals surface area (Å²) in [6.45, 7) is 4.10. The summed E-state index contributed by atoms with van der Waals surface area (Å²) in [4.78, 5) is 11.0. The fourth-order valence-electron chi connectivity index (χ4n) is 2.05. The second-order valence-electron chi connectivity index (χ2n) is 4.20. The van der Waals surface area contributed by atoms with Crippen LogP contribution in [0, 0.1) is 13.8 Å². The van der Waals surface area contributed by atoms with Crippen molar-refractivity contribution in [3.8, 4) is 5.75 Å². The summed E-state index contributed by atoms with van der Waals surface area (Å²) in [6, 6.07) is 4.21. The maximum atomic E-state index is 11.0. The van der Waals surface area contributed by atoms with E-state index in [9.17, 15) is 4.79 Å². The summed E-state index contributed by atoms with van der Waals surface area (Å²) in [5.41, 5.74) is 3.52. The smallest absolute Gasteiger partial charge is 0.305 e. The molecule has 1 aromatic rings. The van der Waals surface area contributed by atoms with Crippen LogP contribution in [0.15, 0.2) is 12.1 Å². The largest absolute Gasteiger partial charge is 0.496 e. The fourth-order valence-corrected chi connectivity index (χ4v) is 2.05. The number of benzene rings is 1. The summed E-state index contributed by atoms with van der Waals surface area (Å²) < 4.78 is 10.0. The van der Waals surface area contributed by atoms with Crippen LogP contribution >= 0.6 is 0 Å². The first-order valence-corrected chi connectivity index (χ1v) is 5.79. The number of hydrogen-bond donors (Lipinski definition) is 0. The number of hydrogen-bond acceptors (Lipinski definition) is 3. The molecule has 0 bridgehead atoms. The van der Waals surface area contributed by atoms with Crippen LogP contribution in [0.4, 0.5) is 0 Å². The minimum absolute atomic E-state index is 0.159. The van der Waals surface area contributed by atoms with Gasteiger partial charge in [-0.15, -0.1) is 0 Å². The Bertz CT molecular complexity index is 397. The summed E-state index contributed by atoms with van der Waals surface area (Å²) in [7, 11) is 3.10. The zero-order valence-electron chi connectivity index (χ0n) is 11.0. The van der Waals surface area contributed by atoms with E-state index in [4.69, 9.17) is 4.74 Å². The molecule has 0 saturated heterocycles. The Kier molecular flexibility index (Phi) is 5.01. The number of carbonyl (C=O) groups excluding carboxylic acids is 1. The van der Waals surface area contributed by atoms with Crippen molar-refractivity contribution in [3.63, 3.8) is 0 Å². The molecular formula is C14H20O3. The highest BCUT2D eigenvalue weighted by Crippen LogP contribution is 2.26. The monoisotopic (exact) mass is 236 g/mol. The fraction of sp³-hybridized carbons (Fsp3) is 0.500. The lowest BCUT2D eigenvalue weighted by Crippen LogP contribution is -2.02. The molecule has 0 radical (unpaired) electrons. The Hall–Kier alpha value is -1.51. The quantitative estimate of drug-likeness (QED) is 0.737. The van der Waals surface area contributed by atoms with Crippen molar-refractivity contribution in [2.45, 2.75) is 33.1 Å². The number of carbonyl (C=O) groups is 1. The number of esters is 1. The van der Waals surface area contributed by atoms with Gasteiger partial charge in [0.15, 0.2) is 0 Å². The standard InChI is InChI=1S/C14H20O3/c1-10-8-11(2)14(17-4)12(9-10)6-5-7-13(15)16-3/h8-9H,5-7H2,1-4H3. The molecule has 0 aliphatic rings. The van der Waals surface area contributed by atoms with E-state index in [0.29, 0.717) is 6.42 Å². The SMILES string of the molecule is COC(=O)CCCc1cc(C)cc(C)c1OC. The van der Waals surface area contributed by atoms with E-state index < -0.39 is 0 Å². The van der Waals surface area contributed by atoms with Gasteiger partial charge in [-0.2, -0.15) is 0 Å². The van der Waals surface area contributed by atoms with E-state index in [0.717, 1.165) is 29.7 Å². The van der Waals surface area contributed by atoms with Crippen molar-refractivity contribution < 1.29 is 14.3 Å². The molecule has 1 aromatic carbocycles. The normalized spacial score (nSPS) is 10.1. The Morgan fingerprint density at radius 1 is 1.24 bits per heavy atom. The predicted octanol–water partition coefficient (Wildman–Crippen LogP) is 2.81. The zero-order valence-corrected chi connectivity index (χ0v) is 11.0. The van der Waals surface area contributed by atoms with E-state index in [2.05, 4.69) is 23.8 Å². The molecule has 0 saturated carbocycles. The Balaban J connectivity index is 2.72. The molecule has 0 heterocycles. The minimum Gasteiger partial charge on any atom is -0.496 e. The summed E-state index contributed by atoms with van der Waals surface area (Å²) in [5, 5.41) is 0. The molecule has 0 N–H and O–H groups in total. The van der Waals surface area contributed by atoms with Crippen molar-refractivity contribution in [1.82, 2.24) is 0 Å². The van der Waals surface area contributed by atoms with Crippen LogP contribution in [-0.4, -0.2) is 20.2 Å². The molecule has 0 aromatic heterocycles. The van der Waals surface area contributed by atoms with Gasteiger partial charge in [0.2, 0.25) is 0 Å². The second kappa shape index (κ2) is 6.28. The first-order chi connectivity index (χ1) is 8.08. The first-order valence-electron chi connectivity index (χ1n) is 5.79. The number of aryl methyl sites for hydroxylation is 3. The Morgan fingerprint density at radius 3 is 2.53 bits per heavy atom. The van der Waals surface area contributed by atoms with Gasteiger partial charge in [0.25, 0.3) is 0 Å². The zero-order chi connectivity index (χ0) is 12.8. The molecule has 3 nitrogen and oxygen atoms in total. The number of ether oxygens (including phenoxy) is 2. The molecule has 0 fully saturated rings. The second-order valence-corrected chi connectivity index (χ2v) is 4.20. The highest BCUT2D eigenvalue weighted by molar-refractivity contribution is 5.69. The molecule has 0 unspecified atom stereocenters. The van der Waals surface area contributed by atoms with Crippen molar-refractivity contribution in [2.24, 2.45) is 0 Å². The lowest BCUT2D eigenvalue weighted by molar-refractivity contribution is -0.140. The predicted molar refractivity (Wildman–Crippen MR) is 67.4 cm³/mol. The molecule has 0 amide bonds. The summed E-state index contributed by atoms with van der Waals surface area (Å²) in [5.74, 6) is 0.772. The Labute approximate surface area is 103 Å². The van der Waals surface area contributed by atoms with Crippen LogP contribution in [0.2, 0.25) is 0 Å². The number of methoxy groups -OCH3 is 2. The molecule has 0 aliphatic carbocycles. The Morgan fingerprint density at radius 2 is 1.94 bits per heavy atom. The lowest BCUT2D eigenvalue weighted by Gasteiger charge is -2.12. The van der Waals surface area contributed by atoms with Crippen LogP contribution in [0.5, 0.6) is 5.75 Å². The third kappa shape index (κ3) is 3.77. The summed E-state index contributed by atoms with van der Waals surface area (Å²) in [6.07, 6.45) is 2.07. The van der Waals surface area contributed by atoms with E-state index in [1.165, 1.54) is 12.7 Å². The number of rotatable bonds is 5. The molecular weight excluding hydrogens is 216 g/mol. The van der Waals surface area contributed by atoms with Gasteiger partial charge in [0, 0.05) is 6.42 Å². The van der Waals surface area contributed by atoms with Gasteiger partial charge in [0.05, 0.1) is 14.2 Å². The van der Waals surface area contributed by atoms with Gasteiger partial charge in [-0.1, -0.05) is 17.7 Å². The van der Waals surface area contributed by atoms with Crippen LogP contribution in [-0.2, 0) is 16.0 Å².